The molecule has 6 heteroatoms. The minimum Gasteiger partial charge on any atom is -0.475 e. The van der Waals surface area contributed by atoms with Gasteiger partial charge in [0.25, 0.3) is 11.5 Å². The minimum atomic E-state index is -1.38. The van der Waals surface area contributed by atoms with E-state index in [4.69, 9.17) is 9.78 Å². The second kappa shape index (κ2) is 34.3. The number of carbonyl (C=O) groups is 2. The van der Waals surface area contributed by atoms with E-state index in [2.05, 4.69) is 26.0 Å². The lowest BCUT2D eigenvalue weighted by molar-refractivity contribution is -0.233. The molecule has 2 N–H and O–H groups in total. The van der Waals surface area contributed by atoms with Crippen molar-refractivity contribution in [2.45, 2.75) is 142 Å². The topological polar surface area (TPSA) is 93.1 Å². The van der Waals surface area contributed by atoms with Crippen LogP contribution in [0, 0.1) is 0 Å². The molecule has 0 radical (unpaired) electrons. The molecule has 0 rings (SSSR count). The van der Waals surface area contributed by atoms with Crippen molar-refractivity contribution in [1.82, 2.24) is 0 Å². The minimum absolute atomic E-state index is 0.543. The Morgan fingerprint density at radius 3 is 1.02 bits per heavy atom. The zero-order valence-corrected chi connectivity index (χ0v) is 28.8. The van der Waals surface area contributed by atoms with E-state index in [1.54, 1.807) is 24.3 Å². The van der Waals surface area contributed by atoms with Crippen molar-refractivity contribution in [3.05, 3.63) is 96.6 Å². The normalized spacial score (nSPS) is 13.1. The van der Waals surface area contributed by atoms with Crippen LogP contribution in [0.1, 0.15) is 142 Å². The van der Waals surface area contributed by atoms with Crippen molar-refractivity contribution in [3.8, 4) is 0 Å². The van der Waals surface area contributed by atoms with E-state index in [0.717, 1.165) is 12.8 Å². The predicted molar refractivity (Wildman–Crippen MR) is 192 cm³/mol. The number of unbranched alkanes of at least 4 members (excludes halogenated alkanes) is 18. The second-order valence-electron chi connectivity index (χ2n) is 11.5. The first-order valence-corrected chi connectivity index (χ1v) is 17.7. The number of hydrogen-bond donors (Lipinski definition) is 2. The predicted octanol–water partition coefficient (Wildman–Crippen LogP) is 12.1. The fourth-order valence-electron chi connectivity index (χ4n) is 4.53. The maximum Gasteiger partial charge on any atom is 0.376 e. The molecule has 0 aliphatic carbocycles. The van der Waals surface area contributed by atoms with Crippen LogP contribution in [0.15, 0.2) is 96.6 Å². The van der Waals surface area contributed by atoms with E-state index in [0.29, 0.717) is 0 Å². The van der Waals surface area contributed by atoms with E-state index in [1.807, 2.05) is 24.3 Å². The molecule has 0 amide bonds. The highest BCUT2D eigenvalue weighted by Gasteiger charge is 2.15. The number of carboxylic acids is 2. The first kappa shape index (κ1) is 42.5. The summed E-state index contributed by atoms with van der Waals surface area (Å²) in [6.07, 6.45) is 49.8. The van der Waals surface area contributed by atoms with Crippen LogP contribution in [0.2, 0.25) is 0 Å². The lowest BCUT2D eigenvalue weighted by atomic mass is 10.1. The first-order valence-electron chi connectivity index (χ1n) is 17.7. The van der Waals surface area contributed by atoms with Crippen LogP contribution in [-0.2, 0) is 19.4 Å². The Kier molecular flexibility index (Phi) is 31.7. The molecule has 0 atom stereocenters. The molecule has 0 spiro atoms. The number of carboxylic acid groups (broad SMARTS) is 2. The summed E-state index contributed by atoms with van der Waals surface area (Å²) in [6.45, 7) is 4.49. The first-order chi connectivity index (χ1) is 22.5. The zero-order chi connectivity index (χ0) is 33.8. The summed E-state index contributed by atoms with van der Waals surface area (Å²) in [7, 11) is 0. The Hall–Kier alpha value is -3.54. The molecule has 0 aliphatic heterocycles. The molecule has 258 valence electrons. The third-order valence-corrected chi connectivity index (χ3v) is 7.25. The summed E-state index contributed by atoms with van der Waals surface area (Å²) in [5.74, 6) is -3.85. The van der Waals surface area contributed by atoms with Gasteiger partial charge in [0.2, 0.25) is 0 Å². The van der Waals surface area contributed by atoms with Crippen LogP contribution in [0.4, 0.5) is 0 Å². The molecule has 0 aromatic rings. The fraction of sp³-hybridized carbons (Fsp3) is 0.550. The molecule has 0 saturated carbocycles. The zero-order valence-electron chi connectivity index (χ0n) is 28.8. The summed E-state index contributed by atoms with van der Waals surface area (Å²) < 4.78 is 0. The van der Waals surface area contributed by atoms with Crippen molar-refractivity contribution >= 4 is 11.9 Å². The molecule has 46 heavy (non-hydrogen) atoms. The Bertz CT molecular complexity index is 913. The van der Waals surface area contributed by atoms with Gasteiger partial charge in [-0.1, -0.05) is 189 Å². The van der Waals surface area contributed by atoms with Gasteiger partial charge in [-0.15, -0.1) is 0 Å². The molecule has 0 unspecified atom stereocenters. The third kappa shape index (κ3) is 30.5. The van der Waals surface area contributed by atoms with Crippen molar-refractivity contribution in [2.24, 2.45) is 0 Å². The number of hydrogen-bond acceptors (Lipinski definition) is 4. The molecule has 0 fully saturated rings. The van der Waals surface area contributed by atoms with Gasteiger partial charge < -0.3 is 10.2 Å². The van der Waals surface area contributed by atoms with Gasteiger partial charge in [0, 0.05) is 0 Å². The largest absolute Gasteiger partial charge is 0.475 e. The van der Waals surface area contributed by atoms with Crippen LogP contribution in [-0.4, -0.2) is 22.2 Å². The molecular weight excluding hydrogens is 576 g/mol. The average Bonchev–Trinajstić information content (AvgIpc) is 3.04. The lowest BCUT2D eigenvalue weighted by Crippen LogP contribution is -2.10. The molecule has 0 bridgehead atoms. The van der Waals surface area contributed by atoms with E-state index >= 15 is 0 Å². The van der Waals surface area contributed by atoms with E-state index in [-0.39, 0.29) is 0 Å². The molecule has 0 aromatic carbocycles. The second-order valence-corrected chi connectivity index (χ2v) is 11.5. The van der Waals surface area contributed by atoms with Gasteiger partial charge in [-0.25, -0.2) is 9.59 Å². The summed E-state index contributed by atoms with van der Waals surface area (Å²) in [4.78, 5) is 32.5. The average molecular weight is 639 g/mol. The van der Waals surface area contributed by atoms with Crippen LogP contribution in [0.3, 0.4) is 0 Å². The third-order valence-electron chi connectivity index (χ3n) is 7.25. The number of aliphatic carboxylic acids is 2. The summed E-state index contributed by atoms with van der Waals surface area (Å²) >= 11 is 0. The van der Waals surface area contributed by atoms with Crippen molar-refractivity contribution in [1.29, 1.82) is 0 Å². The highest BCUT2D eigenvalue weighted by Crippen LogP contribution is 2.12. The van der Waals surface area contributed by atoms with Crippen molar-refractivity contribution < 1.29 is 29.6 Å². The van der Waals surface area contributed by atoms with E-state index in [9.17, 15) is 19.8 Å². The standard InChI is InChI=1S/C40H62O6/c1-3-5-7-9-11-13-15-17-19-21-23-25-27-29-31-33-35-37(39(41)42)45-46-38(40(43)44)36-34-32-30-28-26-24-22-20-18-16-14-12-10-8-6-4-2/h23-36H,3-22H2,1-2H3,(H,41,42)(H,43,44)/b25-23+,26-24+,29-27+,30-28+,33-31+,34-32+,37-35-,38-36-. The fourth-order valence-corrected chi connectivity index (χ4v) is 4.53. The summed E-state index contributed by atoms with van der Waals surface area (Å²) in [5.41, 5.74) is 0. The van der Waals surface area contributed by atoms with Gasteiger partial charge in [0.15, 0.2) is 0 Å². The summed E-state index contributed by atoms with van der Waals surface area (Å²) in [6, 6.07) is 0. The van der Waals surface area contributed by atoms with Gasteiger partial charge in [0.1, 0.15) is 0 Å². The van der Waals surface area contributed by atoms with Crippen LogP contribution >= 0.6 is 0 Å². The number of rotatable bonds is 31. The van der Waals surface area contributed by atoms with Crippen molar-refractivity contribution in [2.75, 3.05) is 0 Å². The highest BCUT2D eigenvalue weighted by molar-refractivity contribution is 5.85. The molecule has 0 heterocycles. The molecule has 6 nitrogen and oxygen atoms in total. The SMILES string of the molecule is CCCCCCCCCCC/C=C/C=C/C=C/C=C(\OO\C(=C/C=C/C=C/C=C/CCCCCCCCCCC)C(=O)O)C(=O)O. The monoisotopic (exact) mass is 638 g/mol. The summed E-state index contributed by atoms with van der Waals surface area (Å²) in [5, 5.41) is 18.7. The van der Waals surface area contributed by atoms with E-state index < -0.39 is 23.5 Å². The number of allylic oxidation sites excluding steroid dienone is 14. The van der Waals surface area contributed by atoms with Gasteiger partial charge in [-0.05, 0) is 37.8 Å². The van der Waals surface area contributed by atoms with Crippen LogP contribution < -0.4 is 0 Å². The van der Waals surface area contributed by atoms with Gasteiger partial charge in [-0.3, -0.25) is 9.78 Å². The molecule has 0 aromatic heterocycles. The molecule has 0 saturated heterocycles. The lowest BCUT2D eigenvalue weighted by Gasteiger charge is -2.05. The van der Waals surface area contributed by atoms with Crippen LogP contribution in [0.5, 0.6) is 0 Å². The van der Waals surface area contributed by atoms with Crippen molar-refractivity contribution in [3.63, 3.8) is 0 Å². The molecular formula is C40H62O6. The quantitative estimate of drug-likeness (QED) is 0.0196. The van der Waals surface area contributed by atoms with Gasteiger partial charge in [0.05, 0.1) is 0 Å². The highest BCUT2D eigenvalue weighted by atomic mass is 17.2. The Balaban J connectivity index is 4.33. The van der Waals surface area contributed by atoms with Gasteiger partial charge in [-0.2, -0.15) is 0 Å². The maximum absolute atomic E-state index is 11.5. The molecule has 0 aliphatic rings. The van der Waals surface area contributed by atoms with E-state index in [1.165, 1.54) is 140 Å². The smallest absolute Gasteiger partial charge is 0.376 e. The maximum atomic E-state index is 11.5. The Morgan fingerprint density at radius 1 is 0.413 bits per heavy atom. The Labute approximate surface area is 280 Å². The van der Waals surface area contributed by atoms with Crippen LogP contribution in [0.25, 0.3) is 0 Å². The van der Waals surface area contributed by atoms with Gasteiger partial charge >= 0.3 is 11.9 Å². The Morgan fingerprint density at radius 2 is 0.696 bits per heavy atom.